The number of para-hydroxylation sites is 1. The number of aryl methyl sites for hydroxylation is 1. The Balaban J connectivity index is 1.24. The number of carbonyl (C=O) groups excluding carboxylic acids is 2. The summed E-state index contributed by atoms with van der Waals surface area (Å²) in [5.74, 6) is 1.08. The van der Waals surface area contributed by atoms with E-state index in [0.717, 1.165) is 51.4 Å². The molecule has 3 unspecified atom stereocenters. The minimum atomic E-state index is -0.903. The molecule has 6 heteroatoms. The molecule has 0 saturated carbocycles. The van der Waals surface area contributed by atoms with Gasteiger partial charge in [-0.05, 0) is 59.4 Å². The molecule has 0 fully saturated rings. The van der Waals surface area contributed by atoms with Gasteiger partial charge in [0.05, 0.1) is 12.5 Å². The topological polar surface area (TPSA) is 67.9 Å². The van der Waals surface area contributed by atoms with Crippen molar-refractivity contribution in [1.29, 1.82) is 0 Å². The molecule has 0 radical (unpaired) electrons. The first kappa shape index (κ1) is 23.8. The van der Waals surface area contributed by atoms with Gasteiger partial charge in [-0.2, -0.15) is 0 Å². The van der Waals surface area contributed by atoms with Crippen LogP contribution in [-0.4, -0.2) is 31.6 Å². The van der Waals surface area contributed by atoms with E-state index in [1.54, 1.807) is 0 Å². The molecule has 3 atom stereocenters. The van der Waals surface area contributed by atoms with Gasteiger partial charge in [0.25, 0.3) is 0 Å². The largest absolute Gasteiger partial charge is 0.493 e. The number of nitrogens with one attached hydrogen (secondary N) is 1. The molecule has 196 valence electrons. The molecule has 4 aliphatic rings. The first-order valence-electron chi connectivity index (χ1n) is 13.5. The molecule has 0 aromatic heterocycles. The lowest BCUT2D eigenvalue weighted by Gasteiger charge is -2.30. The molecule has 0 bridgehead atoms. The van der Waals surface area contributed by atoms with Crippen LogP contribution < -0.4 is 19.7 Å². The van der Waals surface area contributed by atoms with Crippen molar-refractivity contribution >= 4 is 23.2 Å². The Morgan fingerprint density at radius 1 is 1.05 bits per heavy atom. The average Bonchev–Trinajstić information content (AvgIpc) is 3.60. The number of hydrogen-bond donors (Lipinski definition) is 1. The number of amides is 2. The fourth-order valence-corrected chi connectivity index (χ4v) is 6.60. The Kier molecular flexibility index (Phi) is 5.41. The second-order valence-corrected chi connectivity index (χ2v) is 11.0. The molecule has 1 aliphatic carbocycles. The SMILES string of the molecule is Cc1cccc(NC(=O)C2C(CN3C(=O)C4(COc5cc6c(cc54)CCO6)c4ccccc43)=CC=CC2C)c1. The van der Waals surface area contributed by atoms with Gasteiger partial charge >= 0.3 is 0 Å². The highest BCUT2D eigenvalue weighted by Gasteiger charge is 2.57. The van der Waals surface area contributed by atoms with Crippen LogP contribution in [0.1, 0.15) is 29.2 Å². The lowest BCUT2D eigenvalue weighted by atomic mass is 9.76. The van der Waals surface area contributed by atoms with Crippen molar-refractivity contribution in [3.63, 3.8) is 0 Å². The molecule has 3 aliphatic heterocycles. The Bertz CT molecular complexity index is 1590. The molecular weight excluding hydrogens is 488 g/mol. The maximum atomic E-state index is 14.5. The second kappa shape index (κ2) is 8.87. The van der Waals surface area contributed by atoms with E-state index in [4.69, 9.17) is 9.47 Å². The van der Waals surface area contributed by atoms with E-state index < -0.39 is 5.41 Å². The highest BCUT2D eigenvalue weighted by Crippen LogP contribution is 2.54. The molecule has 2 amide bonds. The Hall–Kier alpha value is -4.32. The summed E-state index contributed by atoms with van der Waals surface area (Å²) in [5, 5.41) is 3.10. The number of fused-ring (bicyclic) bond motifs is 5. The van der Waals surface area contributed by atoms with Crippen LogP contribution in [0.4, 0.5) is 11.4 Å². The van der Waals surface area contributed by atoms with Crippen molar-refractivity contribution in [3.05, 3.63) is 107 Å². The summed E-state index contributed by atoms with van der Waals surface area (Å²) in [5.41, 5.74) is 5.72. The number of rotatable bonds is 4. The van der Waals surface area contributed by atoms with Gasteiger partial charge in [-0.15, -0.1) is 0 Å². The first-order valence-corrected chi connectivity index (χ1v) is 13.5. The second-order valence-electron chi connectivity index (χ2n) is 11.0. The summed E-state index contributed by atoms with van der Waals surface area (Å²) in [6, 6.07) is 19.8. The molecule has 7 rings (SSSR count). The Labute approximate surface area is 227 Å². The molecule has 6 nitrogen and oxygen atoms in total. The summed E-state index contributed by atoms with van der Waals surface area (Å²) in [7, 11) is 0. The van der Waals surface area contributed by atoms with E-state index in [2.05, 4.69) is 24.4 Å². The number of ether oxygens (including phenoxy) is 2. The van der Waals surface area contributed by atoms with Gasteiger partial charge in [0.1, 0.15) is 23.5 Å². The number of benzene rings is 3. The lowest BCUT2D eigenvalue weighted by Crippen LogP contribution is -2.44. The highest BCUT2D eigenvalue weighted by atomic mass is 16.5. The Morgan fingerprint density at radius 3 is 2.79 bits per heavy atom. The van der Waals surface area contributed by atoms with Gasteiger partial charge in [-0.25, -0.2) is 0 Å². The lowest BCUT2D eigenvalue weighted by molar-refractivity contribution is -0.122. The normalized spacial score (nSPS) is 24.1. The van der Waals surface area contributed by atoms with Crippen LogP contribution in [0.2, 0.25) is 0 Å². The van der Waals surface area contributed by atoms with Gasteiger partial charge in [0.15, 0.2) is 0 Å². The van der Waals surface area contributed by atoms with Crippen LogP contribution >= 0.6 is 0 Å². The maximum Gasteiger partial charge on any atom is 0.246 e. The fraction of sp³-hybridized carbons (Fsp3) is 0.273. The van der Waals surface area contributed by atoms with E-state index in [-0.39, 0.29) is 30.3 Å². The number of hydrogen-bond acceptors (Lipinski definition) is 4. The first-order chi connectivity index (χ1) is 19.0. The zero-order valence-corrected chi connectivity index (χ0v) is 22.1. The van der Waals surface area contributed by atoms with Crippen LogP contribution in [-0.2, 0) is 21.4 Å². The van der Waals surface area contributed by atoms with Crippen molar-refractivity contribution in [3.8, 4) is 11.5 Å². The molecular formula is C33H30N2O4. The zero-order chi connectivity index (χ0) is 26.7. The molecule has 3 heterocycles. The summed E-state index contributed by atoms with van der Waals surface area (Å²) in [6.07, 6.45) is 6.86. The van der Waals surface area contributed by atoms with Crippen molar-refractivity contribution in [2.24, 2.45) is 11.8 Å². The fourth-order valence-electron chi connectivity index (χ4n) is 6.60. The molecule has 1 N–H and O–H groups in total. The zero-order valence-electron chi connectivity index (χ0n) is 22.1. The van der Waals surface area contributed by atoms with Crippen LogP contribution in [0.3, 0.4) is 0 Å². The number of carbonyl (C=O) groups is 2. The molecule has 39 heavy (non-hydrogen) atoms. The van der Waals surface area contributed by atoms with Gasteiger partial charge in [-0.3, -0.25) is 9.59 Å². The third kappa shape index (κ3) is 3.62. The van der Waals surface area contributed by atoms with E-state index in [1.165, 1.54) is 0 Å². The van der Waals surface area contributed by atoms with Crippen LogP contribution in [0.15, 0.2) is 84.5 Å². The highest BCUT2D eigenvalue weighted by molar-refractivity contribution is 6.12. The minimum Gasteiger partial charge on any atom is -0.493 e. The average molecular weight is 519 g/mol. The van der Waals surface area contributed by atoms with Crippen LogP contribution in [0.25, 0.3) is 0 Å². The summed E-state index contributed by atoms with van der Waals surface area (Å²) >= 11 is 0. The van der Waals surface area contributed by atoms with Gasteiger partial charge in [-0.1, -0.05) is 55.5 Å². The number of allylic oxidation sites excluding steroid dienone is 3. The van der Waals surface area contributed by atoms with Crippen molar-refractivity contribution < 1.29 is 19.1 Å². The molecule has 3 aromatic carbocycles. The summed E-state index contributed by atoms with van der Waals surface area (Å²) in [4.78, 5) is 29.9. The van der Waals surface area contributed by atoms with E-state index >= 15 is 0 Å². The minimum absolute atomic E-state index is 0.00477. The van der Waals surface area contributed by atoms with Gasteiger partial charge in [0, 0.05) is 36.0 Å². The van der Waals surface area contributed by atoms with Crippen LogP contribution in [0, 0.1) is 18.8 Å². The van der Waals surface area contributed by atoms with Crippen LogP contribution in [0.5, 0.6) is 11.5 Å². The standard InChI is InChI=1S/C33H30N2O4/c1-20-7-5-10-24(15-20)34-31(36)30-21(2)8-6-9-23(30)18-35-27-12-4-3-11-25(27)33(32(35)37)19-39-29-17-28-22(13-14-38-28)16-26(29)33/h3-12,15-17,21,30H,13-14,18-19H2,1-2H3,(H,34,36). The van der Waals surface area contributed by atoms with E-state index in [9.17, 15) is 9.59 Å². The molecule has 3 aromatic rings. The molecule has 0 saturated heterocycles. The van der Waals surface area contributed by atoms with Gasteiger partial charge < -0.3 is 19.7 Å². The predicted molar refractivity (Wildman–Crippen MR) is 150 cm³/mol. The Morgan fingerprint density at radius 2 is 1.92 bits per heavy atom. The summed E-state index contributed by atoms with van der Waals surface area (Å²) in [6.45, 7) is 5.29. The monoisotopic (exact) mass is 518 g/mol. The number of nitrogens with zero attached hydrogens (tertiary/aromatic N) is 1. The van der Waals surface area contributed by atoms with E-state index in [1.807, 2.05) is 78.6 Å². The summed E-state index contributed by atoms with van der Waals surface area (Å²) < 4.78 is 11.9. The smallest absolute Gasteiger partial charge is 0.246 e. The predicted octanol–water partition coefficient (Wildman–Crippen LogP) is 5.34. The van der Waals surface area contributed by atoms with Crippen molar-refractivity contribution in [1.82, 2.24) is 0 Å². The number of anilines is 2. The quantitative estimate of drug-likeness (QED) is 0.506. The third-order valence-corrected chi connectivity index (χ3v) is 8.52. The maximum absolute atomic E-state index is 14.5. The van der Waals surface area contributed by atoms with Gasteiger partial charge in [0.2, 0.25) is 11.8 Å². The van der Waals surface area contributed by atoms with Crippen molar-refractivity contribution in [2.45, 2.75) is 25.7 Å². The molecule has 1 spiro atoms. The van der Waals surface area contributed by atoms with Crippen molar-refractivity contribution in [2.75, 3.05) is 30.0 Å². The van der Waals surface area contributed by atoms with E-state index in [0.29, 0.717) is 18.9 Å². The third-order valence-electron chi connectivity index (χ3n) is 8.52.